The van der Waals surface area contributed by atoms with Crippen LogP contribution in [0.5, 0.6) is 0 Å². The molecule has 3 aromatic rings. The van der Waals surface area contributed by atoms with Gasteiger partial charge in [0, 0.05) is 34.2 Å². The van der Waals surface area contributed by atoms with E-state index in [0.717, 1.165) is 50.4 Å². The topological polar surface area (TPSA) is 66.6 Å². The third-order valence-corrected chi connectivity index (χ3v) is 5.28. The number of hydrogen-bond donors (Lipinski definition) is 2. The van der Waals surface area contributed by atoms with Crippen LogP contribution in [0.3, 0.4) is 0 Å². The zero-order valence-corrected chi connectivity index (χ0v) is 17.2. The Morgan fingerprint density at radius 3 is 2.00 bits per heavy atom. The lowest BCUT2D eigenvalue weighted by Gasteiger charge is -2.11. The molecule has 1 atom stereocenters. The van der Waals surface area contributed by atoms with Gasteiger partial charge in [-0.1, -0.05) is 0 Å². The molecule has 0 radical (unpaired) electrons. The van der Waals surface area contributed by atoms with Crippen molar-refractivity contribution in [2.45, 2.75) is 19.4 Å². The van der Waals surface area contributed by atoms with Crippen LogP contribution in [0.2, 0.25) is 0 Å². The summed E-state index contributed by atoms with van der Waals surface area (Å²) in [5.74, 6) is 0. The number of H-pyrrole nitrogens is 2. The number of rotatable bonds is 5. The average molecular weight is 414 g/mol. The zero-order chi connectivity index (χ0) is 21.2. The van der Waals surface area contributed by atoms with Gasteiger partial charge >= 0.3 is 0 Å². The number of nitrogens with one attached hydrogen (secondary N) is 2. The van der Waals surface area contributed by atoms with Crippen LogP contribution in [0.4, 0.5) is 4.39 Å². The van der Waals surface area contributed by atoms with Crippen LogP contribution in [0, 0.1) is 0 Å². The van der Waals surface area contributed by atoms with Gasteiger partial charge in [0.1, 0.15) is 0 Å². The van der Waals surface area contributed by atoms with E-state index in [9.17, 15) is 4.39 Å². The Bertz CT molecular complexity index is 1330. The lowest BCUT2D eigenvalue weighted by atomic mass is 10.1. The van der Waals surface area contributed by atoms with E-state index in [1.165, 1.54) is 0 Å². The molecule has 31 heavy (non-hydrogen) atoms. The Hall–Kier alpha value is -3.51. The molecule has 156 valence electrons. The maximum absolute atomic E-state index is 12.5. The third-order valence-electron chi connectivity index (χ3n) is 5.28. The van der Waals surface area contributed by atoms with Crippen molar-refractivity contribution in [1.82, 2.24) is 19.9 Å². The second-order valence-electron chi connectivity index (χ2n) is 7.69. The van der Waals surface area contributed by atoms with Crippen LogP contribution in [-0.2, 0) is 4.74 Å². The van der Waals surface area contributed by atoms with Crippen molar-refractivity contribution in [2.24, 2.45) is 0 Å². The maximum Gasteiger partial charge on any atom is 0.0916 e. The maximum atomic E-state index is 12.5. The van der Waals surface area contributed by atoms with Crippen LogP contribution in [0.1, 0.15) is 47.8 Å². The minimum absolute atomic E-state index is 0.173. The number of aromatic nitrogens is 4. The number of hydrogen-bond acceptors (Lipinski definition) is 3. The Morgan fingerprint density at radius 1 is 0.806 bits per heavy atom. The molecule has 0 aromatic carbocycles. The van der Waals surface area contributed by atoms with E-state index >= 15 is 0 Å². The average Bonchev–Trinajstić information content (AvgIpc) is 3.53. The lowest BCUT2D eigenvalue weighted by Crippen LogP contribution is -2.01. The largest absolute Gasteiger partial charge is 0.374 e. The molecule has 6 heteroatoms. The molecular formula is C25H23FN4O. The van der Waals surface area contributed by atoms with Gasteiger partial charge in [0.05, 0.1) is 35.6 Å². The molecule has 8 bridgehead atoms. The Kier molecular flexibility index (Phi) is 5.22. The van der Waals surface area contributed by atoms with E-state index in [2.05, 4.69) is 16.0 Å². The van der Waals surface area contributed by atoms with Gasteiger partial charge in [-0.15, -0.1) is 0 Å². The summed E-state index contributed by atoms with van der Waals surface area (Å²) in [6.07, 6.45) is 8.21. The van der Waals surface area contributed by atoms with Gasteiger partial charge in [-0.25, -0.2) is 9.97 Å². The van der Waals surface area contributed by atoms with E-state index in [1.807, 2.05) is 67.6 Å². The Balaban J connectivity index is 1.71. The number of nitrogens with zero attached hydrogens (tertiary/aromatic N) is 2. The second kappa shape index (κ2) is 8.32. The summed E-state index contributed by atoms with van der Waals surface area (Å²) in [4.78, 5) is 16.3. The molecular weight excluding hydrogens is 391 g/mol. The number of aromatic amines is 2. The van der Waals surface area contributed by atoms with Crippen molar-refractivity contribution in [3.05, 3.63) is 70.8 Å². The first-order chi connectivity index (χ1) is 15.2. The highest BCUT2D eigenvalue weighted by molar-refractivity contribution is 5.78. The molecule has 0 aliphatic carbocycles. The summed E-state index contributed by atoms with van der Waals surface area (Å²) in [6, 6.07) is 14.2. The van der Waals surface area contributed by atoms with Gasteiger partial charge in [-0.3, -0.25) is 4.39 Å². The predicted octanol–water partition coefficient (Wildman–Crippen LogP) is 6.09. The summed E-state index contributed by atoms with van der Waals surface area (Å²) in [6.45, 7) is 1.99. The summed E-state index contributed by atoms with van der Waals surface area (Å²) >= 11 is 0. The van der Waals surface area contributed by atoms with Crippen molar-refractivity contribution in [2.75, 3.05) is 13.3 Å². The highest BCUT2D eigenvalue weighted by Gasteiger charge is 2.12. The normalized spacial score (nSPS) is 13.6. The number of alkyl halides is 1. The van der Waals surface area contributed by atoms with Crippen LogP contribution >= 0.6 is 0 Å². The van der Waals surface area contributed by atoms with E-state index in [0.29, 0.717) is 13.0 Å². The molecule has 0 saturated heterocycles. The zero-order valence-electron chi connectivity index (χ0n) is 17.2. The summed E-state index contributed by atoms with van der Waals surface area (Å²) < 4.78 is 18.3. The minimum Gasteiger partial charge on any atom is -0.374 e. The fourth-order valence-electron chi connectivity index (χ4n) is 3.78. The highest BCUT2D eigenvalue weighted by atomic mass is 19.1. The fourth-order valence-corrected chi connectivity index (χ4v) is 3.78. The first-order valence-corrected chi connectivity index (χ1v) is 10.4. The van der Waals surface area contributed by atoms with Gasteiger partial charge in [0.25, 0.3) is 0 Å². The molecule has 0 saturated carbocycles. The van der Waals surface area contributed by atoms with E-state index < -0.39 is 0 Å². The predicted molar refractivity (Wildman–Crippen MR) is 124 cm³/mol. The number of fused-ring (bicyclic) bond motifs is 8. The number of ether oxygens (including phenoxy) is 1. The number of halogens is 1. The van der Waals surface area contributed by atoms with Crippen LogP contribution in [-0.4, -0.2) is 33.2 Å². The molecule has 2 aliphatic heterocycles. The Labute approximate surface area is 179 Å². The monoisotopic (exact) mass is 414 g/mol. The van der Waals surface area contributed by atoms with Crippen molar-refractivity contribution < 1.29 is 9.13 Å². The Morgan fingerprint density at radius 2 is 1.39 bits per heavy atom. The second-order valence-corrected chi connectivity index (χ2v) is 7.69. The first-order valence-electron chi connectivity index (χ1n) is 10.4. The lowest BCUT2D eigenvalue weighted by molar-refractivity contribution is 0.0619. The van der Waals surface area contributed by atoms with Crippen molar-refractivity contribution in [1.29, 1.82) is 0 Å². The quantitative estimate of drug-likeness (QED) is 0.342. The smallest absolute Gasteiger partial charge is 0.0916 e. The van der Waals surface area contributed by atoms with Crippen LogP contribution < -0.4 is 0 Å². The van der Waals surface area contributed by atoms with Crippen molar-refractivity contribution in [3.63, 3.8) is 0 Å². The molecule has 5 heterocycles. The van der Waals surface area contributed by atoms with Crippen LogP contribution in [0.15, 0.2) is 42.5 Å². The molecule has 0 amide bonds. The summed E-state index contributed by atoms with van der Waals surface area (Å²) in [7, 11) is 0. The van der Waals surface area contributed by atoms with E-state index in [1.54, 1.807) is 0 Å². The standard InChI is InChI=1S/C25H23FN4O/c1-16(31-10-2-9-26)24-14-23-13-21-6-5-19(28-21)11-17-3-4-18(27-17)12-20-7-8-22(29-20)15-25(24)30-23/h3-8,11-16,27,30H,2,9-10H2,1H3. The summed E-state index contributed by atoms with van der Waals surface area (Å²) in [5, 5.41) is 0. The van der Waals surface area contributed by atoms with Crippen molar-refractivity contribution >= 4 is 46.4 Å². The third kappa shape index (κ3) is 4.34. The van der Waals surface area contributed by atoms with E-state index in [4.69, 9.17) is 14.7 Å². The molecule has 0 spiro atoms. The van der Waals surface area contributed by atoms with Crippen LogP contribution in [0.25, 0.3) is 46.4 Å². The minimum atomic E-state index is -0.376. The molecule has 2 aliphatic rings. The highest BCUT2D eigenvalue weighted by Crippen LogP contribution is 2.26. The molecule has 3 aromatic heterocycles. The first kappa shape index (κ1) is 19.5. The van der Waals surface area contributed by atoms with Gasteiger partial charge in [0.2, 0.25) is 0 Å². The molecule has 5 nitrogen and oxygen atoms in total. The molecule has 2 N–H and O–H groups in total. The van der Waals surface area contributed by atoms with Gasteiger partial charge < -0.3 is 14.7 Å². The molecule has 1 unspecified atom stereocenters. The van der Waals surface area contributed by atoms with E-state index in [-0.39, 0.29) is 12.8 Å². The van der Waals surface area contributed by atoms with Gasteiger partial charge in [-0.2, -0.15) is 0 Å². The molecule has 5 rings (SSSR count). The fraction of sp³-hybridized carbons (Fsp3) is 0.200. The van der Waals surface area contributed by atoms with Gasteiger partial charge in [-0.05, 0) is 80.1 Å². The van der Waals surface area contributed by atoms with Crippen molar-refractivity contribution in [3.8, 4) is 0 Å². The van der Waals surface area contributed by atoms with Gasteiger partial charge in [0.15, 0.2) is 0 Å². The SMILES string of the molecule is CC(OCCCF)c1cc2cc3nc(cc4ccc(cc5nc(cc1[nH]2)C=C5)[nH]4)C=C3. The molecule has 0 fully saturated rings. The summed E-state index contributed by atoms with van der Waals surface area (Å²) in [5.41, 5.74) is 8.34.